The largest absolute Gasteiger partial charge is 0.334 e. The fourth-order valence-corrected chi connectivity index (χ4v) is 2.99. The van der Waals surface area contributed by atoms with E-state index >= 15 is 0 Å². The van der Waals surface area contributed by atoms with Crippen molar-refractivity contribution >= 4 is 17.3 Å². The third kappa shape index (κ3) is 2.83. The van der Waals surface area contributed by atoms with E-state index in [1.54, 1.807) is 12.1 Å². The van der Waals surface area contributed by atoms with Gasteiger partial charge in [-0.3, -0.25) is 4.40 Å². The van der Waals surface area contributed by atoms with Crippen molar-refractivity contribution in [2.24, 2.45) is 0 Å². The lowest BCUT2D eigenvalue weighted by molar-refractivity contribution is 0.425. The van der Waals surface area contributed by atoms with Crippen LogP contribution in [0.1, 0.15) is 5.82 Å². The van der Waals surface area contributed by atoms with Crippen molar-refractivity contribution in [3.05, 3.63) is 66.5 Å². The highest BCUT2D eigenvalue weighted by molar-refractivity contribution is 7.98. The Morgan fingerprint density at radius 1 is 1.13 bits per heavy atom. The summed E-state index contributed by atoms with van der Waals surface area (Å²) < 4.78 is 20.2. The predicted octanol–water partition coefficient (Wildman–Crippen LogP) is 3.82. The van der Waals surface area contributed by atoms with E-state index in [0.29, 0.717) is 23.0 Å². The fourth-order valence-electron chi connectivity index (χ4n) is 2.18. The molecule has 1 aromatic carbocycles. The van der Waals surface area contributed by atoms with Crippen LogP contribution in [0.4, 0.5) is 4.39 Å². The monoisotopic (exact) mass is 326 g/mol. The van der Waals surface area contributed by atoms with Crippen molar-refractivity contribution in [1.29, 1.82) is 0 Å². The van der Waals surface area contributed by atoms with Crippen LogP contribution in [0.3, 0.4) is 0 Å². The predicted molar refractivity (Wildman–Crippen MR) is 84.4 cm³/mol. The van der Waals surface area contributed by atoms with Gasteiger partial charge in [0.05, 0.1) is 17.5 Å². The maximum Gasteiger partial charge on any atom is 0.257 e. The number of thioether (sulfide) groups is 1. The lowest BCUT2D eigenvalue weighted by Gasteiger charge is -1.98. The Labute approximate surface area is 135 Å². The molecular formula is C16H11FN4OS. The molecule has 0 saturated carbocycles. The van der Waals surface area contributed by atoms with Crippen LogP contribution in [0.2, 0.25) is 0 Å². The van der Waals surface area contributed by atoms with Crippen molar-refractivity contribution in [3.8, 4) is 11.5 Å². The number of fused-ring (bicyclic) bond motifs is 1. The van der Waals surface area contributed by atoms with Gasteiger partial charge in [-0.1, -0.05) is 23.0 Å². The topological polar surface area (TPSA) is 56.2 Å². The number of pyridine rings is 1. The molecule has 0 unspecified atom stereocenters. The molecule has 0 saturated heterocycles. The minimum atomic E-state index is -0.296. The standard InChI is InChI=1S/C16H11FN4OS/c17-12-6-4-11(5-7-12)15-19-14(20-22-15)10-23-16-18-9-13-3-1-2-8-21(13)16/h1-9H,10H2. The molecule has 4 rings (SSSR count). The van der Waals surface area contributed by atoms with Crippen molar-refractivity contribution in [2.75, 3.05) is 0 Å². The SMILES string of the molecule is Fc1ccc(-c2nc(CSc3ncc4ccccn34)no2)cc1. The summed E-state index contributed by atoms with van der Waals surface area (Å²) in [6, 6.07) is 11.9. The fraction of sp³-hybridized carbons (Fsp3) is 0.0625. The van der Waals surface area contributed by atoms with Gasteiger partial charge in [-0.25, -0.2) is 9.37 Å². The molecule has 3 heterocycles. The Kier molecular flexibility index (Phi) is 3.55. The van der Waals surface area contributed by atoms with Gasteiger partial charge in [-0.15, -0.1) is 0 Å². The molecule has 0 N–H and O–H groups in total. The highest BCUT2D eigenvalue weighted by Gasteiger charge is 2.11. The molecule has 0 atom stereocenters. The molecule has 114 valence electrons. The molecule has 0 aliphatic carbocycles. The minimum absolute atomic E-state index is 0.296. The molecule has 7 heteroatoms. The van der Waals surface area contributed by atoms with Gasteiger partial charge < -0.3 is 4.52 Å². The molecule has 3 aromatic heterocycles. The smallest absolute Gasteiger partial charge is 0.257 e. The van der Waals surface area contributed by atoms with Crippen molar-refractivity contribution < 1.29 is 8.91 Å². The van der Waals surface area contributed by atoms with E-state index in [9.17, 15) is 4.39 Å². The second-order valence-electron chi connectivity index (χ2n) is 4.85. The normalized spacial score (nSPS) is 11.2. The molecule has 0 aliphatic heterocycles. The number of imidazole rings is 1. The van der Waals surface area contributed by atoms with E-state index < -0.39 is 0 Å². The Bertz CT molecular complexity index is 948. The summed E-state index contributed by atoms with van der Waals surface area (Å²) in [5, 5.41) is 4.83. The van der Waals surface area contributed by atoms with Crippen LogP contribution < -0.4 is 0 Å². The third-order valence-corrected chi connectivity index (χ3v) is 4.26. The number of nitrogens with zero attached hydrogens (tertiary/aromatic N) is 4. The first-order valence-electron chi connectivity index (χ1n) is 6.93. The van der Waals surface area contributed by atoms with Gasteiger partial charge in [0.25, 0.3) is 5.89 Å². The first kappa shape index (κ1) is 14.0. The Balaban J connectivity index is 1.51. The second-order valence-corrected chi connectivity index (χ2v) is 5.79. The number of halogens is 1. The molecule has 0 radical (unpaired) electrons. The first-order chi connectivity index (χ1) is 11.3. The van der Waals surface area contributed by atoms with Crippen LogP contribution in [0.15, 0.2) is 64.5 Å². The number of rotatable bonds is 4. The van der Waals surface area contributed by atoms with Crippen LogP contribution in [-0.2, 0) is 5.75 Å². The van der Waals surface area contributed by atoms with E-state index in [1.807, 2.05) is 35.0 Å². The lowest BCUT2D eigenvalue weighted by Crippen LogP contribution is -1.89. The molecule has 0 bridgehead atoms. The van der Waals surface area contributed by atoms with Crippen molar-refractivity contribution in [1.82, 2.24) is 19.5 Å². The number of aromatic nitrogens is 4. The van der Waals surface area contributed by atoms with Gasteiger partial charge in [0.2, 0.25) is 0 Å². The molecule has 4 aromatic rings. The summed E-state index contributed by atoms with van der Waals surface area (Å²) >= 11 is 1.53. The zero-order chi connectivity index (χ0) is 15.6. The summed E-state index contributed by atoms with van der Waals surface area (Å²) in [7, 11) is 0. The molecule has 0 amide bonds. The Hall–Kier alpha value is -2.67. The van der Waals surface area contributed by atoms with E-state index in [2.05, 4.69) is 15.1 Å². The number of benzene rings is 1. The van der Waals surface area contributed by atoms with Crippen LogP contribution in [0.25, 0.3) is 17.0 Å². The van der Waals surface area contributed by atoms with Gasteiger partial charge in [-0.05, 0) is 36.4 Å². The first-order valence-corrected chi connectivity index (χ1v) is 7.91. The summed E-state index contributed by atoms with van der Waals surface area (Å²) in [5.74, 6) is 1.20. The van der Waals surface area contributed by atoms with Crippen LogP contribution in [0.5, 0.6) is 0 Å². The average Bonchev–Trinajstić information content (AvgIpc) is 3.20. The zero-order valence-electron chi connectivity index (χ0n) is 11.9. The van der Waals surface area contributed by atoms with Crippen LogP contribution in [-0.4, -0.2) is 19.5 Å². The van der Waals surface area contributed by atoms with E-state index in [0.717, 1.165) is 10.7 Å². The highest BCUT2D eigenvalue weighted by atomic mass is 32.2. The average molecular weight is 326 g/mol. The maximum absolute atomic E-state index is 12.9. The van der Waals surface area contributed by atoms with Gasteiger partial charge >= 0.3 is 0 Å². The van der Waals surface area contributed by atoms with Gasteiger partial charge in [0.15, 0.2) is 11.0 Å². The molecular weight excluding hydrogens is 315 g/mol. The Morgan fingerprint density at radius 2 is 2.00 bits per heavy atom. The summed E-state index contributed by atoms with van der Waals surface area (Å²) in [6.45, 7) is 0. The highest BCUT2D eigenvalue weighted by Crippen LogP contribution is 2.23. The summed E-state index contributed by atoms with van der Waals surface area (Å²) in [6.07, 6.45) is 3.79. The second kappa shape index (κ2) is 5.85. The van der Waals surface area contributed by atoms with E-state index in [4.69, 9.17) is 4.52 Å². The van der Waals surface area contributed by atoms with Crippen molar-refractivity contribution in [2.45, 2.75) is 10.9 Å². The van der Waals surface area contributed by atoms with Gasteiger partial charge in [-0.2, -0.15) is 4.98 Å². The van der Waals surface area contributed by atoms with Crippen LogP contribution in [0, 0.1) is 5.82 Å². The summed E-state index contributed by atoms with van der Waals surface area (Å²) in [5.41, 5.74) is 1.73. The van der Waals surface area contributed by atoms with E-state index in [1.165, 1.54) is 23.9 Å². The van der Waals surface area contributed by atoms with Gasteiger partial charge in [0, 0.05) is 11.8 Å². The molecule has 5 nitrogen and oxygen atoms in total. The van der Waals surface area contributed by atoms with E-state index in [-0.39, 0.29) is 5.82 Å². The lowest BCUT2D eigenvalue weighted by atomic mass is 10.2. The summed E-state index contributed by atoms with van der Waals surface area (Å²) in [4.78, 5) is 8.71. The van der Waals surface area contributed by atoms with Crippen molar-refractivity contribution in [3.63, 3.8) is 0 Å². The zero-order valence-corrected chi connectivity index (χ0v) is 12.7. The Morgan fingerprint density at radius 3 is 2.87 bits per heavy atom. The minimum Gasteiger partial charge on any atom is -0.334 e. The van der Waals surface area contributed by atoms with Crippen LogP contribution >= 0.6 is 11.8 Å². The molecule has 0 spiro atoms. The number of hydrogen-bond acceptors (Lipinski definition) is 5. The quantitative estimate of drug-likeness (QED) is 0.534. The maximum atomic E-state index is 12.9. The van der Waals surface area contributed by atoms with Gasteiger partial charge in [0.1, 0.15) is 5.82 Å². The molecule has 0 aliphatic rings. The number of hydrogen-bond donors (Lipinski definition) is 0. The molecule has 23 heavy (non-hydrogen) atoms. The molecule has 0 fully saturated rings. The third-order valence-electron chi connectivity index (χ3n) is 3.29.